The first-order chi connectivity index (χ1) is 8.07. The van der Waals surface area contributed by atoms with E-state index < -0.39 is 0 Å². The highest BCUT2D eigenvalue weighted by Crippen LogP contribution is 2.41. The summed E-state index contributed by atoms with van der Waals surface area (Å²) in [6, 6.07) is 0. The number of halogens is 1. The second-order valence-corrected chi connectivity index (χ2v) is 5.99. The van der Waals surface area contributed by atoms with Crippen LogP contribution in [0.25, 0.3) is 0 Å². The van der Waals surface area contributed by atoms with E-state index >= 15 is 0 Å². The molecule has 1 saturated carbocycles. The molecule has 0 radical (unpaired) electrons. The summed E-state index contributed by atoms with van der Waals surface area (Å²) in [4.78, 5) is 8.82. The zero-order chi connectivity index (χ0) is 12.5. The molecule has 0 aromatic carbocycles. The molecule has 2 unspecified atom stereocenters. The molecule has 1 fully saturated rings. The third-order valence-electron chi connectivity index (χ3n) is 3.53. The molecule has 5 heteroatoms. The van der Waals surface area contributed by atoms with Gasteiger partial charge in [0.25, 0.3) is 0 Å². The van der Waals surface area contributed by atoms with Gasteiger partial charge in [-0.1, -0.05) is 13.3 Å². The Bertz CT molecular complexity index is 413. The van der Waals surface area contributed by atoms with Gasteiger partial charge in [0.05, 0.1) is 3.57 Å². The lowest BCUT2D eigenvalue weighted by atomic mass is 9.78. The van der Waals surface area contributed by atoms with Gasteiger partial charge < -0.3 is 10.5 Å². The van der Waals surface area contributed by atoms with Gasteiger partial charge in [-0.2, -0.15) is 0 Å². The lowest BCUT2D eigenvalue weighted by Gasteiger charge is -2.37. The molecule has 0 saturated heterocycles. The molecule has 2 rings (SSSR count). The summed E-state index contributed by atoms with van der Waals surface area (Å²) in [7, 11) is 1.75. The summed E-state index contributed by atoms with van der Waals surface area (Å²) in [5.74, 6) is 1.93. The fourth-order valence-corrected chi connectivity index (χ4v) is 2.84. The molecule has 17 heavy (non-hydrogen) atoms. The van der Waals surface area contributed by atoms with Crippen LogP contribution >= 0.6 is 22.6 Å². The Kier molecular flexibility index (Phi) is 3.87. The molecule has 4 nitrogen and oxygen atoms in total. The van der Waals surface area contributed by atoms with Crippen molar-refractivity contribution in [1.82, 2.24) is 9.97 Å². The van der Waals surface area contributed by atoms with Crippen molar-refractivity contribution in [3.63, 3.8) is 0 Å². The summed E-state index contributed by atoms with van der Waals surface area (Å²) in [6.45, 7) is 2.25. The molecular weight excluding hydrogens is 329 g/mol. The Balaban J connectivity index is 2.36. The van der Waals surface area contributed by atoms with Gasteiger partial charge in [-0.05, 0) is 47.8 Å². The maximum atomic E-state index is 5.86. The van der Waals surface area contributed by atoms with Crippen molar-refractivity contribution in [3.8, 4) is 0 Å². The first-order valence-electron chi connectivity index (χ1n) is 5.91. The van der Waals surface area contributed by atoms with E-state index in [1.807, 2.05) is 0 Å². The van der Waals surface area contributed by atoms with E-state index in [0.29, 0.717) is 11.7 Å². The van der Waals surface area contributed by atoms with Crippen LogP contribution in [-0.2, 0) is 10.3 Å². The molecule has 0 bridgehead atoms. The number of rotatable bonds is 2. The highest BCUT2D eigenvalue weighted by molar-refractivity contribution is 14.1. The number of methoxy groups -OCH3 is 1. The maximum Gasteiger partial charge on any atom is 0.162 e. The average molecular weight is 347 g/mol. The van der Waals surface area contributed by atoms with Gasteiger partial charge in [-0.25, -0.2) is 9.97 Å². The Morgan fingerprint density at radius 2 is 2.35 bits per heavy atom. The highest BCUT2D eigenvalue weighted by atomic mass is 127. The van der Waals surface area contributed by atoms with E-state index in [-0.39, 0.29) is 5.60 Å². The monoisotopic (exact) mass is 347 g/mol. The van der Waals surface area contributed by atoms with E-state index in [2.05, 4.69) is 39.5 Å². The number of aromatic nitrogens is 2. The van der Waals surface area contributed by atoms with E-state index in [4.69, 9.17) is 10.5 Å². The largest absolute Gasteiger partial charge is 0.383 e. The van der Waals surface area contributed by atoms with Gasteiger partial charge in [0.15, 0.2) is 5.82 Å². The van der Waals surface area contributed by atoms with Crippen molar-refractivity contribution in [2.24, 2.45) is 5.92 Å². The molecule has 2 N–H and O–H groups in total. The zero-order valence-corrected chi connectivity index (χ0v) is 12.4. The van der Waals surface area contributed by atoms with Crippen molar-refractivity contribution in [1.29, 1.82) is 0 Å². The Morgan fingerprint density at radius 3 is 2.94 bits per heavy atom. The first-order valence-corrected chi connectivity index (χ1v) is 6.99. The van der Waals surface area contributed by atoms with Crippen molar-refractivity contribution >= 4 is 28.4 Å². The third kappa shape index (κ3) is 2.54. The quantitative estimate of drug-likeness (QED) is 0.836. The zero-order valence-electron chi connectivity index (χ0n) is 10.2. The van der Waals surface area contributed by atoms with Gasteiger partial charge in [0.2, 0.25) is 0 Å². The van der Waals surface area contributed by atoms with E-state index in [1.54, 1.807) is 13.3 Å². The molecule has 1 aromatic rings. The molecule has 2 atom stereocenters. The van der Waals surface area contributed by atoms with Gasteiger partial charge in [-0.15, -0.1) is 0 Å². The molecule has 1 aliphatic carbocycles. The van der Waals surface area contributed by atoms with Crippen LogP contribution in [0.1, 0.15) is 38.4 Å². The summed E-state index contributed by atoms with van der Waals surface area (Å²) in [6.07, 6.45) is 6.14. The van der Waals surface area contributed by atoms with Gasteiger partial charge in [0, 0.05) is 13.3 Å². The summed E-state index contributed by atoms with van der Waals surface area (Å²) in [5, 5.41) is 0. The smallest absolute Gasteiger partial charge is 0.162 e. The van der Waals surface area contributed by atoms with E-state index in [9.17, 15) is 0 Å². The van der Waals surface area contributed by atoms with Crippen LogP contribution in [0.2, 0.25) is 0 Å². The second-order valence-electron chi connectivity index (χ2n) is 4.83. The number of nitrogen functional groups attached to an aromatic ring is 1. The van der Waals surface area contributed by atoms with Gasteiger partial charge in [0.1, 0.15) is 11.4 Å². The summed E-state index contributed by atoms with van der Waals surface area (Å²) >= 11 is 2.14. The summed E-state index contributed by atoms with van der Waals surface area (Å²) in [5.41, 5.74) is 5.52. The predicted octanol–water partition coefficient (Wildman–Crippen LogP) is 2.72. The Morgan fingerprint density at radius 1 is 1.59 bits per heavy atom. The summed E-state index contributed by atoms with van der Waals surface area (Å²) < 4.78 is 6.64. The van der Waals surface area contributed by atoms with Crippen LogP contribution in [0.3, 0.4) is 0 Å². The SMILES string of the molecule is COC1(c2ncc(I)c(N)n2)CCCC(C)C1. The number of hydrogen-bond acceptors (Lipinski definition) is 4. The molecule has 1 heterocycles. The van der Waals surface area contributed by atoms with Crippen molar-refractivity contribution in [2.75, 3.05) is 12.8 Å². The van der Waals surface area contributed by atoms with Gasteiger partial charge >= 0.3 is 0 Å². The van der Waals surface area contributed by atoms with Crippen LogP contribution in [0.4, 0.5) is 5.82 Å². The number of ether oxygens (including phenoxy) is 1. The molecule has 1 aromatic heterocycles. The van der Waals surface area contributed by atoms with Crippen molar-refractivity contribution < 1.29 is 4.74 Å². The minimum atomic E-state index is -0.337. The minimum Gasteiger partial charge on any atom is -0.383 e. The van der Waals surface area contributed by atoms with Crippen molar-refractivity contribution in [3.05, 3.63) is 15.6 Å². The van der Waals surface area contributed by atoms with Crippen molar-refractivity contribution in [2.45, 2.75) is 38.2 Å². The Hall–Kier alpha value is -0.430. The van der Waals surface area contributed by atoms with Gasteiger partial charge in [-0.3, -0.25) is 0 Å². The molecular formula is C12H18IN3O. The molecule has 0 aliphatic heterocycles. The second kappa shape index (κ2) is 5.06. The lowest BCUT2D eigenvalue weighted by Crippen LogP contribution is -2.36. The van der Waals surface area contributed by atoms with E-state index in [1.165, 1.54) is 6.42 Å². The van der Waals surface area contributed by atoms with E-state index in [0.717, 1.165) is 28.7 Å². The number of nitrogens with zero attached hydrogens (tertiary/aromatic N) is 2. The molecule has 94 valence electrons. The third-order valence-corrected chi connectivity index (χ3v) is 4.36. The Labute approximate surface area is 115 Å². The number of anilines is 1. The first kappa shape index (κ1) is 13.0. The average Bonchev–Trinajstić information content (AvgIpc) is 2.32. The minimum absolute atomic E-state index is 0.337. The standard InChI is InChI=1S/C12H18IN3O/c1-8-4-3-5-12(6-8,17-2)11-15-7-9(13)10(14)16-11/h7-8H,3-6H2,1-2H3,(H2,14,15,16). The normalized spacial score (nSPS) is 29.2. The fraction of sp³-hybridized carbons (Fsp3) is 0.667. The topological polar surface area (TPSA) is 61.0 Å². The highest BCUT2D eigenvalue weighted by Gasteiger charge is 2.39. The van der Waals surface area contributed by atoms with Crippen LogP contribution < -0.4 is 5.73 Å². The van der Waals surface area contributed by atoms with Crippen LogP contribution in [0, 0.1) is 9.49 Å². The van der Waals surface area contributed by atoms with Crippen LogP contribution in [0.15, 0.2) is 6.20 Å². The molecule has 0 amide bonds. The number of hydrogen-bond donors (Lipinski definition) is 1. The van der Waals surface area contributed by atoms with Crippen LogP contribution in [-0.4, -0.2) is 17.1 Å². The maximum absolute atomic E-state index is 5.86. The predicted molar refractivity (Wildman–Crippen MR) is 75.5 cm³/mol. The molecule has 0 spiro atoms. The fourth-order valence-electron chi connectivity index (χ4n) is 2.58. The lowest BCUT2D eigenvalue weighted by molar-refractivity contribution is -0.0645. The number of nitrogens with two attached hydrogens (primary N) is 1. The van der Waals surface area contributed by atoms with Crippen LogP contribution in [0.5, 0.6) is 0 Å². The molecule has 1 aliphatic rings.